The summed E-state index contributed by atoms with van der Waals surface area (Å²) < 4.78 is 5.28. The Morgan fingerprint density at radius 2 is 1.91 bits per heavy atom. The largest absolute Gasteiger partial charge is 0.481 e. The van der Waals surface area contributed by atoms with Crippen LogP contribution in [0.15, 0.2) is 35.2 Å². The first-order valence-electron chi connectivity index (χ1n) is 7.38. The number of ether oxygens (including phenoxy) is 1. The zero-order chi connectivity index (χ0) is 15.8. The van der Waals surface area contributed by atoms with Gasteiger partial charge < -0.3 is 15.2 Å². The summed E-state index contributed by atoms with van der Waals surface area (Å²) in [6.45, 7) is 0.985. The molecule has 1 aliphatic heterocycles. The quantitative estimate of drug-likeness (QED) is 0.753. The van der Waals surface area contributed by atoms with Gasteiger partial charge in [-0.3, -0.25) is 9.59 Å². The molecule has 0 aromatic heterocycles. The molecule has 0 bridgehead atoms. The van der Waals surface area contributed by atoms with Crippen LogP contribution in [0.2, 0.25) is 0 Å². The van der Waals surface area contributed by atoms with Gasteiger partial charge in [0.25, 0.3) is 0 Å². The number of carboxylic acid groups (broad SMARTS) is 1. The number of carboxylic acids is 1. The highest BCUT2D eigenvalue weighted by molar-refractivity contribution is 7.99. The number of hydrogen-bond donors (Lipinski definition) is 2. The van der Waals surface area contributed by atoms with Gasteiger partial charge in [0.1, 0.15) is 0 Å². The molecule has 1 aromatic carbocycles. The standard InChI is InChI=1S/C16H21NO4S/c18-14(6-11-22-13-4-2-1-3-5-13)17-16(12-15(19)20)7-9-21-10-8-16/h1-5H,6-12H2,(H,17,18)(H,19,20). The lowest BCUT2D eigenvalue weighted by atomic mass is 9.86. The van der Waals surface area contributed by atoms with Gasteiger partial charge in [-0.1, -0.05) is 18.2 Å². The average Bonchev–Trinajstić information content (AvgIpc) is 2.48. The van der Waals surface area contributed by atoms with Gasteiger partial charge in [0.15, 0.2) is 0 Å². The number of carbonyl (C=O) groups is 2. The summed E-state index contributed by atoms with van der Waals surface area (Å²) >= 11 is 1.62. The first-order chi connectivity index (χ1) is 10.6. The molecule has 0 spiro atoms. The molecule has 0 unspecified atom stereocenters. The highest BCUT2D eigenvalue weighted by atomic mass is 32.2. The first kappa shape index (κ1) is 16.8. The van der Waals surface area contributed by atoms with Crippen molar-refractivity contribution in [2.45, 2.75) is 36.1 Å². The van der Waals surface area contributed by atoms with Crippen molar-refractivity contribution in [3.8, 4) is 0 Å². The third-order valence-corrected chi connectivity index (χ3v) is 4.70. The topological polar surface area (TPSA) is 75.6 Å². The molecular formula is C16H21NO4S. The van der Waals surface area contributed by atoms with Gasteiger partial charge in [0.05, 0.1) is 12.0 Å². The summed E-state index contributed by atoms with van der Waals surface area (Å²) in [5.74, 6) is -0.303. The van der Waals surface area contributed by atoms with Crippen LogP contribution in [0.5, 0.6) is 0 Å². The van der Waals surface area contributed by atoms with E-state index in [0.29, 0.717) is 38.2 Å². The predicted octanol–water partition coefficient (Wildman–Crippen LogP) is 2.31. The number of nitrogens with one attached hydrogen (secondary N) is 1. The van der Waals surface area contributed by atoms with Crippen LogP contribution in [-0.2, 0) is 14.3 Å². The van der Waals surface area contributed by atoms with Crippen LogP contribution in [0.4, 0.5) is 0 Å². The van der Waals surface area contributed by atoms with Gasteiger partial charge >= 0.3 is 5.97 Å². The van der Waals surface area contributed by atoms with Gasteiger partial charge in [-0.05, 0) is 25.0 Å². The van der Waals surface area contributed by atoms with E-state index < -0.39 is 11.5 Å². The Labute approximate surface area is 134 Å². The first-order valence-corrected chi connectivity index (χ1v) is 8.37. The van der Waals surface area contributed by atoms with E-state index in [0.717, 1.165) is 4.90 Å². The molecule has 0 saturated carbocycles. The molecule has 1 saturated heterocycles. The fourth-order valence-corrected chi connectivity index (χ4v) is 3.41. The lowest BCUT2D eigenvalue weighted by molar-refractivity contribution is -0.140. The van der Waals surface area contributed by atoms with Crippen molar-refractivity contribution in [1.82, 2.24) is 5.32 Å². The molecule has 0 aliphatic carbocycles. The SMILES string of the molecule is O=C(O)CC1(NC(=O)CCSc2ccccc2)CCOCC1. The Balaban J connectivity index is 1.81. The minimum Gasteiger partial charge on any atom is -0.481 e. The summed E-state index contributed by atoms with van der Waals surface area (Å²) in [5, 5.41) is 12.0. The van der Waals surface area contributed by atoms with E-state index in [1.165, 1.54) is 0 Å². The molecule has 1 aliphatic rings. The molecule has 6 heteroatoms. The molecular weight excluding hydrogens is 302 g/mol. The molecule has 1 aromatic rings. The Morgan fingerprint density at radius 1 is 1.23 bits per heavy atom. The second kappa shape index (κ2) is 8.19. The maximum absolute atomic E-state index is 12.1. The van der Waals surface area contributed by atoms with Crippen LogP contribution in [0, 0.1) is 0 Å². The normalized spacial score (nSPS) is 16.9. The number of benzene rings is 1. The Morgan fingerprint density at radius 3 is 2.55 bits per heavy atom. The van der Waals surface area contributed by atoms with Crippen LogP contribution in [0.1, 0.15) is 25.7 Å². The lowest BCUT2D eigenvalue weighted by Gasteiger charge is -2.36. The van der Waals surface area contributed by atoms with E-state index in [1.807, 2.05) is 30.3 Å². The minimum atomic E-state index is -0.888. The molecule has 22 heavy (non-hydrogen) atoms. The van der Waals surface area contributed by atoms with Crippen LogP contribution in [-0.4, -0.2) is 41.5 Å². The Kier molecular flexibility index (Phi) is 6.27. The van der Waals surface area contributed by atoms with Crippen molar-refractivity contribution in [2.24, 2.45) is 0 Å². The van der Waals surface area contributed by atoms with Crippen LogP contribution in [0.3, 0.4) is 0 Å². The van der Waals surface area contributed by atoms with Crippen LogP contribution < -0.4 is 5.32 Å². The van der Waals surface area contributed by atoms with E-state index in [9.17, 15) is 9.59 Å². The second-order valence-electron chi connectivity index (χ2n) is 5.42. The van der Waals surface area contributed by atoms with Crippen LogP contribution >= 0.6 is 11.8 Å². The number of hydrogen-bond acceptors (Lipinski definition) is 4. The number of rotatable bonds is 7. The van der Waals surface area contributed by atoms with Gasteiger partial charge in [-0.25, -0.2) is 0 Å². The Bertz CT molecular complexity index is 500. The highest BCUT2D eigenvalue weighted by Crippen LogP contribution is 2.25. The number of carbonyl (C=O) groups excluding carboxylic acids is 1. The Hall–Kier alpha value is -1.53. The van der Waals surface area contributed by atoms with Gasteiger partial charge in [0.2, 0.25) is 5.91 Å². The zero-order valence-corrected chi connectivity index (χ0v) is 13.2. The fourth-order valence-electron chi connectivity index (χ4n) is 2.53. The van der Waals surface area contributed by atoms with Crippen molar-refractivity contribution in [3.05, 3.63) is 30.3 Å². The molecule has 0 atom stereocenters. The van der Waals surface area contributed by atoms with E-state index in [-0.39, 0.29) is 12.3 Å². The molecule has 1 amide bonds. The number of amides is 1. The summed E-state index contributed by atoms with van der Waals surface area (Å²) in [6.07, 6.45) is 1.43. The molecule has 2 N–H and O–H groups in total. The summed E-state index contributed by atoms with van der Waals surface area (Å²) in [7, 11) is 0. The average molecular weight is 323 g/mol. The molecule has 1 fully saturated rings. The molecule has 0 radical (unpaired) electrons. The lowest BCUT2D eigenvalue weighted by Crippen LogP contribution is -2.53. The molecule has 2 rings (SSSR count). The predicted molar refractivity (Wildman–Crippen MR) is 85.0 cm³/mol. The molecule has 5 nitrogen and oxygen atoms in total. The summed E-state index contributed by atoms with van der Waals surface area (Å²) in [4.78, 5) is 24.3. The second-order valence-corrected chi connectivity index (χ2v) is 6.59. The van der Waals surface area contributed by atoms with E-state index in [2.05, 4.69) is 5.32 Å². The van der Waals surface area contributed by atoms with Crippen molar-refractivity contribution in [3.63, 3.8) is 0 Å². The van der Waals surface area contributed by atoms with Gasteiger partial charge in [-0.2, -0.15) is 0 Å². The summed E-state index contributed by atoms with van der Waals surface area (Å²) in [6, 6.07) is 9.90. The highest BCUT2D eigenvalue weighted by Gasteiger charge is 2.36. The maximum Gasteiger partial charge on any atom is 0.305 e. The monoisotopic (exact) mass is 323 g/mol. The van der Waals surface area contributed by atoms with Crippen molar-refractivity contribution in [1.29, 1.82) is 0 Å². The van der Waals surface area contributed by atoms with E-state index >= 15 is 0 Å². The third-order valence-electron chi connectivity index (χ3n) is 3.69. The zero-order valence-electron chi connectivity index (χ0n) is 12.4. The molecule has 1 heterocycles. The maximum atomic E-state index is 12.1. The van der Waals surface area contributed by atoms with Gasteiger partial charge in [-0.15, -0.1) is 11.8 Å². The third kappa shape index (κ3) is 5.35. The van der Waals surface area contributed by atoms with E-state index in [1.54, 1.807) is 11.8 Å². The van der Waals surface area contributed by atoms with E-state index in [4.69, 9.17) is 9.84 Å². The number of thioether (sulfide) groups is 1. The summed E-state index contributed by atoms with van der Waals surface area (Å²) in [5.41, 5.74) is -0.654. The fraction of sp³-hybridized carbons (Fsp3) is 0.500. The van der Waals surface area contributed by atoms with Crippen molar-refractivity contribution >= 4 is 23.6 Å². The van der Waals surface area contributed by atoms with Crippen molar-refractivity contribution < 1.29 is 19.4 Å². The smallest absolute Gasteiger partial charge is 0.305 e. The molecule has 120 valence electrons. The minimum absolute atomic E-state index is 0.0477. The van der Waals surface area contributed by atoms with Gasteiger partial charge in [0, 0.05) is 30.3 Å². The van der Waals surface area contributed by atoms with Crippen LogP contribution in [0.25, 0.3) is 0 Å². The van der Waals surface area contributed by atoms with Crippen molar-refractivity contribution in [2.75, 3.05) is 19.0 Å². The number of aliphatic carboxylic acids is 1.